The quantitative estimate of drug-likeness (QED) is 0.459. The molecular weight excluding hydrogens is 268 g/mol. The molecule has 0 saturated heterocycles. The van der Waals surface area contributed by atoms with Crippen LogP contribution in [0, 0.1) is 0 Å². The van der Waals surface area contributed by atoms with Gasteiger partial charge in [0.2, 0.25) is 0 Å². The number of nitrogens with one attached hydrogen (secondary N) is 2. The largest absolute Gasteiger partial charge is 0.385 e. The fraction of sp³-hybridized carbons (Fsp3) is 0.786. The molecule has 7 heteroatoms. The fourth-order valence-corrected chi connectivity index (χ4v) is 2.48. The van der Waals surface area contributed by atoms with Gasteiger partial charge in [-0.15, -0.1) is 10.2 Å². The van der Waals surface area contributed by atoms with Crippen LogP contribution in [0.3, 0.4) is 0 Å². The van der Waals surface area contributed by atoms with Gasteiger partial charge in [-0.3, -0.25) is 4.99 Å². The molecule has 0 saturated carbocycles. The van der Waals surface area contributed by atoms with Gasteiger partial charge in [-0.05, 0) is 19.3 Å². The number of aryl methyl sites for hydroxylation is 1. The summed E-state index contributed by atoms with van der Waals surface area (Å²) in [6, 6.07) is 0. The average molecular weight is 294 g/mol. The lowest BCUT2D eigenvalue weighted by molar-refractivity contribution is 0.195. The molecule has 2 rings (SSSR count). The second-order valence-corrected chi connectivity index (χ2v) is 5.19. The van der Waals surface area contributed by atoms with Gasteiger partial charge in [-0.25, -0.2) is 0 Å². The van der Waals surface area contributed by atoms with E-state index in [1.165, 1.54) is 19.3 Å². The molecule has 0 amide bonds. The van der Waals surface area contributed by atoms with E-state index in [0.717, 1.165) is 50.1 Å². The van der Waals surface area contributed by atoms with Gasteiger partial charge in [0.05, 0.1) is 6.54 Å². The second-order valence-electron chi connectivity index (χ2n) is 5.19. The smallest absolute Gasteiger partial charge is 0.191 e. The highest BCUT2D eigenvalue weighted by Crippen LogP contribution is 2.14. The van der Waals surface area contributed by atoms with Crippen molar-refractivity contribution in [2.24, 2.45) is 4.99 Å². The Kier molecular flexibility index (Phi) is 6.46. The number of methoxy groups -OCH3 is 1. The van der Waals surface area contributed by atoms with Gasteiger partial charge in [-0.1, -0.05) is 6.42 Å². The second kappa shape index (κ2) is 8.61. The number of rotatable bonds is 6. The first-order chi connectivity index (χ1) is 10.3. The van der Waals surface area contributed by atoms with Crippen molar-refractivity contribution in [3.8, 4) is 0 Å². The first-order valence-electron chi connectivity index (χ1n) is 7.69. The van der Waals surface area contributed by atoms with Gasteiger partial charge in [0.15, 0.2) is 11.8 Å². The van der Waals surface area contributed by atoms with E-state index in [-0.39, 0.29) is 0 Å². The van der Waals surface area contributed by atoms with E-state index in [9.17, 15) is 0 Å². The highest BCUT2D eigenvalue weighted by molar-refractivity contribution is 5.79. The molecule has 118 valence electrons. The SMILES string of the molecule is CN=C(NCCCOC)NCc1nnc2n1CCCCC2. The molecule has 0 spiro atoms. The molecule has 1 aliphatic heterocycles. The van der Waals surface area contributed by atoms with E-state index in [0.29, 0.717) is 6.54 Å². The summed E-state index contributed by atoms with van der Waals surface area (Å²) in [7, 11) is 3.49. The first-order valence-corrected chi connectivity index (χ1v) is 7.69. The van der Waals surface area contributed by atoms with Crippen LogP contribution in [0.15, 0.2) is 4.99 Å². The average Bonchev–Trinajstić information content (AvgIpc) is 2.74. The van der Waals surface area contributed by atoms with Crippen molar-refractivity contribution in [1.29, 1.82) is 0 Å². The normalized spacial score (nSPS) is 15.4. The van der Waals surface area contributed by atoms with Crippen molar-refractivity contribution in [2.45, 2.75) is 45.2 Å². The maximum atomic E-state index is 5.03. The Morgan fingerprint density at radius 2 is 2.19 bits per heavy atom. The highest BCUT2D eigenvalue weighted by atomic mass is 16.5. The third kappa shape index (κ3) is 4.70. The van der Waals surface area contributed by atoms with Crippen LogP contribution in [-0.4, -0.2) is 48.0 Å². The standard InChI is InChI=1S/C14H26N6O/c1-15-14(16-8-6-10-21-2)17-11-13-19-18-12-7-4-3-5-9-20(12)13/h3-11H2,1-2H3,(H2,15,16,17). The summed E-state index contributed by atoms with van der Waals surface area (Å²) >= 11 is 0. The summed E-state index contributed by atoms with van der Waals surface area (Å²) in [5, 5.41) is 15.2. The topological polar surface area (TPSA) is 76.4 Å². The number of hydrogen-bond acceptors (Lipinski definition) is 4. The van der Waals surface area contributed by atoms with Gasteiger partial charge < -0.3 is 19.9 Å². The molecule has 2 heterocycles. The zero-order chi connectivity index (χ0) is 14.9. The Bertz CT molecular complexity index is 456. The van der Waals surface area contributed by atoms with E-state index in [1.807, 2.05) is 0 Å². The maximum absolute atomic E-state index is 5.03. The molecule has 21 heavy (non-hydrogen) atoms. The molecule has 2 N–H and O–H groups in total. The minimum Gasteiger partial charge on any atom is -0.385 e. The van der Waals surface area contributed by atoms with Crippen molar-refractivity contribution in [2.75, 3.05) is 27.3 Å². The number of nitrogens with zero attached hydrogens (tertiary/aromatic N) is 4. The van der Waals surface area contributed by atoms with Gasteiger partial charge in [0.25, 0.3) is 0 Å². The first kappa shape index (κ1) is 15.8. The summed E-state index contributed by atoms with van der Waals surface area (Å²) in [4.78, 5) is 4.21. The molecule has 0 radical (unpaired) electrons. The van der Waals surface area contributed by atoms with Gasteiger partial charge in [0.1, 0.15) is 5.82 Å². The number of aromatic nitrogens is 3. The summed E-state index contributed by atoms with van der Waals surface area (Å²) in [6.45, 7) is 3.27. The summed E-state index contributed by atoms with van der Waals surface area (Å²) in [6.07, 6.45) is 5.70. The molecule has 0 aromatic carbocycles. The lowest BCUT2D eigenvalue weighted by Crippen LogP contribution is -2.38. The molecule has 0 aliphatic carbocycles. The molecule has 1 aliphatic rings. The van der Waals surface area contributed by atoms with Crippen LogP contribution in [0.1, 0.15) is 37.3 Å². The van der Waals surface area contributed by atoms with Crippen LogP contribution in [0.25, 0.3) is 0 Å². The number of ether oxygens (including phenoxy) is 1. The molecule has 1 aromatic heterocycles. The molecule has 7 nitrogen and oxygen atoms in total. The molecule has 0 bridgehead atoms. The van der Waals surface area contributed by atoms with Crippen LogP contribution in [-0.2, 0) is 24.2 Å². The third-order valence-corrected chi connectivity index (χ3v) is 3.64. The van der Waals surface area contributed by atoms with Crippen molar-refractivity contribution in [1.82, 2.24) is 25.4 Å². The van der Waals surface area contributed by atoms with Crippen LogP contribution >= 0.6 is 0 Å². The zero-order valence-corrected chi connectivity index (χ0v) is 13.1. The van der Waals surface area contributed by atoms with E-state index in [1.54, 1.807) is 14.2 Å². The van der Waals surface area contributed by atoms with Crippen LogP contribution < -0.4 is 10.6 Å². The minimum atomic E-state index is 0.650. The van der Waals surface area contributed by atoms with Crippen molar-refractivity contribution in [3.63, 3.8) is 0 Å². The van der Waals surface area contributed by atoms with Gasteiger partial charge in [-0.2, -0.15) is 0 Å². The van der Waals surface area contributed by atoms with Crippen LogP contribution in [0.4, 0.5) is 0 Å². The Hall–Kier alpha value is -1.63. The predicted molar refractivity (Wildman–Crippen MR) is 82.3 cm³/mol. The third-order valence-electron chi connectivity index (χ3n) is 3.64. The van der Waals surface area contributed by atoms with Gasteiger partial charge in [0, 0.05) is 40.3 Å². The Labute approximate surface area is 126 Å². The number of fused-ring (bicyclic) bond motifs is 1. The number of aliphatic imine (C=N–C) groups is 1. The number of guanidine groups is 1. The predicted octanol–water partition coefficient (Wildman–Crippen LogP) is 0.706. The molecule has 1 aromatic rings. The number of hydrogen-bond donors (Lipinski definition) is 2. The zero-order valence-electron chi connectivity index (χ0n) is 13.1. The van der Waals surface area contributed by atoms with Crippen molar-refractivity contribution in [3.05, 3.63) is 11.6 Å². The van der Waals surface area contributed by atoms with Crippen LogP contribution in [0.5, 0.6) is 0 Å². The highest BCUT2D eigenvalue weighted by Gasteiger charge is 2.14. The van der Waals surface area contributed by atoms with E-state index in [4.69, 9.17) is 4.74 Å². The lowest BCUT2D eigenvalue weighted by Gasteiger charge is -2.12. The van der Waals surface area contributed by atoms with E-state index >= 15 is 0 Å². The van der Waals surface area contributed by atoms with E-state index < -0.39 is 0 Å². The fourth-order valence-electron chi connectivity index (χ4n) is 2.48. The van der Waals surface area contributed by atoms with Crippen molar-refractivity contribution < 1.29 is 4.74 Å². The molecular formula is C14H26N6O. The maximum Gasteiger partial charge on any atom is 0.191 e. The molecule has 0 fully saturated rings. The summed E-state index contributed by atoms with van der Waals surface area (Å²) in [5.74, 6) is 2.90. The minimum absolute atomic E-state index is 0.650. The molecule has 0 atom stereocenters. The summed E-state index contributed by atoms with van der Waals surface area (Å²) in [5.41, 5.74) is 0. The molecule has 0 unspecified atom stereocenters. The Morgan fingerprint density at radius 3 is 3.00 bits per heavy atom. The monoisotopic (exact) mass is 294 g/mol. The van der Waals surface area contributed by atoms with Crippen LogP contribution in [0.2, 0.25) is 0 Å². The van der Waals surface area contributed by atoms with Crippen molar-refractivity contribution >= 4 is 5.96 Å². The summed E-state index contributed by atoms with van der Waals surface area (Å²) < 4.78 is 7.28. The Morgan fingerprint density at radius 1 is 1.29 bits per heavy atom. The lowest BCUT2D eigenvalue weighted by atomic mass is 10.2. The van der Waals surface area contributed by atoms with Gasteiger partial charge >= 0.3 is 0 Å². The van der Waals surface area contributed by atoms with E-state index in [2.05, 4.69) is 30.4 Å². The Balaban J connectivity index is 1.83.